The summed E-state index contributed by atoms with van der Waals surface area (Å²) in [5.41, 5.74) is 0.544. The summed E-state index contributed by atoms with van der Waals surface area (Å²) in [5.74, 6) is -0.925. The molecule has 4 aliphatic rings. The van der Waals surface area contributed by atoms with Gasteiger partial charge in [-0.05, 0) is 112 Å². The Kier molecular flexibility index (Phi) is 9.81. The molecule has 3 aliphatic carbocycles. The third kappa shape index (κ3) is 8.11. The van der Waals surface area contributed by atoms with Gasteiger partial charge in [0.1, 0.15) is 0 Å². The van der Waals surface area contributed by atoms with Crippen LogP contribution in [0.1, 0.15) is 95.5 Å². The molecule has 1 aliphatic heterocycles. The fourth-order valence-corrected chi connectivity index (χ4v) is 7.51. The van der Waals surface area contributed by atoms with E-state index in [0.29, 0.717) is 67.8 Å². The zero-order valence-electron chi connectivity index (χ0n) is 23.7. The van der Waals surface area contributed by atoms with Crippen LogP contribution in [-0.4, -0.2) is 38.1 Å². The van der Waals surface area contributed by atoms with Gasteiger partial charge in [0.25, 0.3) is 0 Å². The quantitative estimate of drug-likeness (QED) is 0.296. The van der Waals surface area contributed by atoms with Crippen molar-refractivity contribution in [3.05, 3.63) is 29.6 Å². The van der Waals surface area contributed by atoms with Gasteiger partial charge in [-0.2, -0.15) is 8.78 Å². The lowest BCUT2D eigenvalue weighted by atomic mass is 9.69. The predicted molar refractivity (Wildman–Crippen MR) is 140 cm³/mol. The summed E-state index contributed by atoms with van der Waals surface area (Å²) in [4.78, 5) is 0. The van der Waals surface area contributed by atoms with Crippen molar-refractivity contribution in [1.29, 1.82) is 0 Å². The van der Waals surface area contributed by atoms with Crippen LogP contribution in [0.25, 0.3) is 0 Å². The molecule has 1 saturated heterocycles. The van der Waals surface area contributed by atoms with Gasteiger partial charge in [0, 0.05) is 11.8 Å². The van der Waals surface area contributed by atoms with E-state index in [1.807, 2.05) is 0 Å². The van der Waals surface area contributed by atoms with Crippen molar-refractivity contribution < 1.29 is 45.3 Å². The second-order valence-electron chi connectivity index (χ2n) is 12.8. The number of ether oxygens (including phenoxy) is 4. The van der Waals surface area contributed by atoms with E-state index in [4.69, 9.17) is 14.2 Å². The summed E-state index contributed by atoms with van der Waals surface area (Å²) in [7, 11) is 0. The molecule has 5 rings (SSSR count). The van der Waals surface area contributed by atoms with Crippen molar-refractivity contribution in [3.8, 4) is 5.75 Å². The van der Waals surface area contributed by atoms with E-state index in [1.54, 1.807) is 0 Å². The van der Waals surface area contributed by atoms with Gasteiger partial charge in [0.05, 0.1) is 25.2 Å². The minimum absolute atomic E-state index is 0.0895. The molecular formula is C31H42F6O4. The Labute approximate surface area is 238 Å². The molecule has 1 aromatic rings. The Balaban J connectivity index is 1.03. The third-order valence-corrected chi connectivity index (χ3v) is 9.86. The van der Waals surface area contributed by atoms with Gasteiger partial charge in [-0.15, -0.1) is 13.2 Å². The van der Waals surface area contributed by atoms with E-state index < -0.39 is 36.1 Å². The van der Waals surface area contributed by atoms with Gasteiger partial charge in [-0.25, -0.2) is 4.39 Å². The van der Waals surface area contributed by atoms with Gasteiger partial charge >= 0.3 is 12.5 Å². The molecule has 0 bridgehead atoms. The topological polar surface area (TPSA) is 36.9 Å². The highest BCUT2D eigenvalue weighted by molar-refractivity contribution is 5.31. The molecule has 0 aromatic heterocycles. The second kappa shape index (κ2) is 13.0. The molecule has 232 valence electrons. The van der Waals surface area contributed by atoms with Crippen LogP contribution in [0.5, 0.6) is 5.75 Å². The van der Waals surface area contributed by atoms with Crippen LogP contribution in [-0.2, 0) is 14.2 Å². The van der Waals surface area contributed by atoms with E-state index in [1.165, 1.54) is 6.07 Å². The Hall–Kier alpha value is -1.52. The summed E-state index contributed by atoms with van der Waals surface area (Å²) < 4.78 is 103. The Morgan fingerprint density at radius 3 is 1.85 bits per heavy atom. The third-order valence-electron chi connectivity index (χ3n) is 9.86. The molecule has 4 nitrogen and oxygen atoms in total. The van der Waals surface area contributed by atoms with Crippen LogP contribution < -0.4 is 4.74 Å². The fraction of sp³-hybridized carbons (Fsp3) is 0.806. The average Bonchev–Trinajstić information content (AvgIpc) is 2.94. The highest BCUT2D eigenvalue weighted by atomic mass is 19.4. The molecule has 0 spiro atoms. The normalized spacial score (nSPS) is 35.7. The zero-order valence-corrected chi connectivity index (χ0v) is 23.7. The van der Waals surface area contributed by atoms with Crippen molar-refractivity contribution in [2.75, 3.05) is 13.2 Å². The number of benzene rings is 1. The lowest BCUT2D eigenvalue weighted by Crippen LogP contribution is -2.40. The van der Waals surface area contributed by atoms with E-state index in [0.717, 1.165) is 63.9 Å². The predicted octanol–water partition coefficient (Wildman–Crippen LogP) is 8.98. The Bertz CT molecular complexity index is 971. The van der Waals surface area contributed by atoms with E-state index in [9.17, 15) is 17.6 Å². The van der Waals surface area contributed by atoms with Crippen molar-refractivity contribution in [2.45, 2.75) is 115 Å². The number of hydrogen-bond donors (Lipinski definition) is 0. The first-order chi connectivity index (χ1) is 19.5. The first kappa shape index (κ1) is 30.9. The minimum Gasteiger partial charge on any atom is -0.403 e. The molecule has 41 heavy (non-hydrogen) atoms. The molecule has 0 atom stereocenters. The molecule has 0 N–H and O–H groups in total. The Morgan fingerprint density at radius 2 is 1.29 bits per heavy atom. The maximum atomic E-state index is 15.2. The van der Waals surface area contributed by atoms with E-state index in [-0.39, 0.29) is 12.2 Å². The van der Waals surface area contributed by atoms with Crippen LogP contribution in [0.15, 0.2) is 18.2 Å². The molecular weight excluding hydrogens is 550 g/mol. The molecule has 0 amide bonds. The number of alkyl halides is 5. The average molecular weight is 593 g/mol. The minimum atomic E-state index is -4.97. The smallest absolute Gasteiger partial charge is 0.403 e. The van der Waals surface area contributed by atoms with E-state index in [2.05, 4.69) is 11.7 Å². The molecule has 1 heterocycles. The SMILES string of the molecule is CC1COC(C2CCC(C3CCC(C(F)(F)OC4CCC(c5ccc(OC(F)(F)F)c(F)c5)CC4)CC3)CC2)OC1. The monoisotopic (exact) mass is 592 g/mol. The molecule has 0 unspecified atom stereocenters. The lowest BCUT2D eigenvalue weighted by Gasteiger charge is -2.42. The van der Waals surface area contributed by atoms with Crippen molar-refractivity contribution >= 4 is 0 Å². The van der Waals surface area contributed by atoms with Crippen LogP contribution in [0, 0.1) is 35.4 Å². The van der Waals surface area contributed by atoms with Crippen LogP contribution in [0.3, 0.4) is 0 Å². The molecule has 1 aromatic carbocycles. The summed E-state index contributed by atoms with van der Waals surface area (Å²) in [6, 6.07) is 3.43. The zero-order chi connectivity index (χ0) is 29.2. The van der Waals surface area contributed by atoms with Crippen molar-refractivity contribution in [1.82, 2.24) is 0 Å². The van der Waals surface area contributed by atoms with Crippen molar-refractivity contribution in [3.63, 3.8) is 0 Å². The highest BCUT2D eigenvalue weighted by Gasteiger charge is 2.46. The number of hydrogen-bond acceptors (Lipinski definition) is 4. The van der Waals surface area contributed by atoms with Gasteiger partial charge in [-0.1, -0.05) is 13.0 Å². The van der Waals surface area contributed by atoms with Gasteiger partial charge in [0.15, 0.2) is 17.9 Å². The van der Waals surface area contributed by atoms with Crippen LogP contribution >= 0.6 is 0 Å². The van der Waals surface area contributed by atoms with Gasteiger partial charge in [-0.3, -0.25) is 0 Å². The standard InChI is InChI=1S/C31H42F6O4/c1-19-17-38-29(39-18-19)23-4-2-20(3-5-23)21-6-11-25(12-7-21)30(33,34)40-26-13-8-22(9-14-26)24-10-15-28(27(32)16-24)41-31(35,36)37/h10,15-16,19-23,25-26,29H,2-9,11-14,17-18H2,1H3. The second-order valence-corrected chi connectivity index (χ2v) is 12.8. The van der Waals surface area contributed by atoms with Crippen molar-refractivity contribution in [2.24, 2.45) is 29.6 Å². The largest absolute Gasteiger partial charge is 0.573 e. The summed E-state index contributed by atoms with van der Waals surface area (Å²) in [5, 5.41) is 0. The summed E-state index contributed by atoms with van der Waals surface area (Å²) in [6.07, 6.45) is -0.126. The molecule has 3 saturated carbocycles. The summed E-state index contributed by atoms with van der Waals surface area (Å²) >= 11 is 0. The molecule has 10 heteroatoms. The fourth-order valence-electron chi connectivity index (χ4n) is 7.51. The maximum absolute atomic E-state index is 15.2. The van der Waals surface area contributed by atoms with E-state index >= 15 is 8.78 Å². The Morgan fingerprint density at radius 1 is 0.732 bits per heavy atom. The maximum Gasteiger partial charge on any atom is 0.573 e. The first-order valence-corrected chi connectivity index (χ1v) is 15.3. The van der Waals surface area contributed by atoms with Gasteiger partial charge in [0.2, 0.25) is 0 Å². The lowest BCUT2D eigenvalue weighted by molar-refractivity contribution is -0.301. The van der Waals surface area contributed by atoms with Crippen LogP contribution in [0.4, 0.5) is 26.3 Å². The number of rotatable bonds is 7. The summed E-state index contributed by atoms with van der Waals surface area (Å²) in [6.45, 7) is 3.63. The highest BCUT2D eigenvalue weighted by Crippen LogP contribution is 2.47. The van der Waals surface area contributed by atoms with Gasteiger partial charge < -0.3 is 18.9 Å². The first-order valence-electron chi connectivity index (χ1n) is 15.3. The van der Waals surface area contributed by atoms with Crippen LogP contribution in [0.2, 0.25) is 0 Å². The molecule has 4 fully saturated rings. The molecule has 0 radical (unpaired) electrons. The number of halogens is 6.